The van der Waals surface area contributed by atoms with Crippen molar-refractivity contribution in [1.82, 2.24) is 5.32 Å². The van der Waals surface area contributed by atoms with Crippen LogP contribution in [0.3, 0.4) is 0 Å². The van der Waals surface area contributed by atoms with Gasteiger partial charge in [-0.2, -0.15) is 0 Å². The first-order valence-corrected chi connectivity index (χ1v) is 8.59. The Balaban J connectivity index is 1.83. The minimum Gasteiger partial charge on any atom is -0.448 e. The molecule has 1 aromatic carbocycles. The first-order valence-electron chi connectivity index (χ1n) is 8.05. The lowest BCUT2D eigenvalue weighted by atomic mass is 9.95. The van der Waals surface area contributed by atoms with E-state index in [1.165, 1.54) is 19.3 Å². The molecule has 0 aromatic heterocycles. The van der Waals surface area contributed by atoms with Crippen molar-refractivity contribution in [3.8, 4) is 0 Å². The minimum atomic E-state index is -0.547. The van der Waals surface area contributed by atoms with E-state index in [4.69, 9.17) is 16.3 Å². The summed E-state index contributed by atoms with van der Waals surface area (Å²) >= 11 is 5.46. The molecule has 0 aliphatic heterocycles. The molecule has 1 fully saturated rings. The van der Waals surface area contributed by atoms with Gasteiger partial charge >= 0.3 is 6.09 Å². The van der Waals surface area contributed by atoms with Crippen LogP contribution in [0.2, 0.25) is 0 Å². The average Bonchev–Trinajstić information content (AvgIpc) is 2.54. The van der Waals surface area contributed by atoms with Crippen molar-refractivity contribution >= 4 is 29.3 Å². The quantitative estimate of drug-likeness (QED) is 0.780. The number of halogens is 1. The molecular formula is C17H23ClN2O3. The smallest absolute Gasteiger partial charge is 0.411 e. The van der Waals surface area contributed by atoms with Crippen LogP contribution in [0.1, 0.15) is 37.7 Å². The Bertz CT molecular complexity index is 530. The monoisotopic (exact) mass is 338 g/mol. The molecular weight excluding hydrogens is 316 g/mol. The molecule has 1 saturated carbocycles. The topological polar surface area (TPSA) is 67.4 Å². The molecule has 0 unspecified atom stereocenters. The fourth-order valence-corrected chi connectivity index (χ4v) is 2.83. The van der Waals surface area contributed by atoms with E-state index in [2.05, 4.69) is 10.6 Å². The normalized spacial score (nSPS) is 15.0. The molecule has 126 valence electrons. The first-order chi connectivity index (χ1) is 11.2. The van der Waals surface area contributed by atoms with Gasteiger partial charge in [0.15, 0.2) is 0 Å². The number of rotatable bonds is 6. The Morgan fingerprint density at radius 3 is 2.74 bits per heavy atom. The van der Waals surface area contributed by atoms with Crippen LogP contribution in [0.5, 0.6) is 0 Å². The van der Waals surface area contributed by atoms with Crippen molar-refractivity contribution in [2.45, 2.75) is 44.6 Å². The summed E-state index contributed by atoms with van der Waals surface area (Å²) in [5.74, 6) is 0.285. The van der Waals surface area contributed by atoms with Gasteiger partial charge < -0.3 is 10.1 Å². The zero-order valence-electron chi connectivity index (χ0n) is 13.1. The number of nitrogens with one attached hydrogen (secondary N) is 2. The second-order valence-corrected chi connectivity index (χ2v) is 6.11. The van der Waals surface area contributed by atoms with Crippen molar-refractivity contribution in [3.63, 3.8) is 0 Å². The summed E-state index contributed by atoms with van der Waals surface area (Å²) in [7, 11) is 0. The average molecular weight is 339 g/mol. The first kappa shape index (κ1) is 17.6. The molecule has 1 aliphatic carbocycles. The summed E-state index contributed by atoms with van der Waals surface area (Å²) in [5.41, 5.74) is 1.46. The van der Waals surface area contributed by atoms with E-state index in [9.17, 15) is 9.59 Å². The van der Waals surface area contributed by atoms with Gasteiger partial charge in [0.1, 0.15) is 6.61 Å². The van der Waals surface area contributed by atoms with Crippen molar-refractivity contribution in [1.29, 1.82) is 0 Å². The number of carbonyl (C=O) groups excluding carboxylic acids is 2. The zero-order valence-corrected chi connectivity index (χ0v) is 13.9. The number of amides is 2. The number of hydrogen-bond acceptors (Lipinski definition) is 3. The number of anilines is 1. The molecule has 1 aliphatic rings. The summed E-state index contributed by atoms with van der Waals surface area (Å²) in [5, 5.41) is 5.71. The van der Waals surface area contributed by atoms with Gasteiger partial charge in [-0.25, -0.2) is 4.79 Å². The molecule has 2 rings (SSSR count). The second-order valence-electron chi connectivity index (χ2n) is 5.73. The van der Waals surface area contributed by atoms with E-state index in [0.29, 0.717) is 18.2 Å². The van der Waals surface area contributed by atoms with Gasteiger partial charge in [-0.3, -0.25) is 10.1 Å². The Morgan fingerprint density at radius 2 is 2.00 bits per heavy atom. The predicted molar refractivity (Wildman–Crippen MR) is 90.9 cm³/mol. The van der Waals surface area contributed by atoms with Gasteiger partial charge in [0, 0.05) is 11.7 Å². The van der Waals surface area contributed by atoms with Crippen molar-refractivity contribution in [3.05, 3.63) is 29.8 Å². The molecule has 23 heavy (non-hydrogen) atoms. The lowest BCUT2D eigenvalue weighted by Gasteiger charge is -2.22. The standard InChI is InChI=1S/C17H23ClN2O3/c18-9-10-23-17(22)20-15-8-4-5-13(11-15)12-16(21)19-14-6-2-1-3-7-14/h4-5,8,11,14H,1-3,6-7,9-10,12H2,(H,19,21)(H,20,22). The third kappa shape index (κ3) is 6.48. The van der Waals surface area contributed by atoms with Crippen LogP contribution in [0, 0.1) is 0 Å². The van der Waals surface area contributed by atoms with Crippen molar-refractivity contribution in [2.75, 3.05) is 17.8 Å². The second kappa shape index (κ2) is 9.40. The molecule has 0 bridgehead atoms. The van der Waals surface area contributed by atoms with Crippen LogP contribution in [0.15, 0.2) is 24.3 Å². The number of ether oxygens (including phenoxy) is 1. The maximum Gasteiger partial charge on any atom is 0.411 e. The van der Waals surface area contributed by atoms with E-state index in [1.807, 2.05) is 6.07 Å². The van der Waals surface area contributed by atoms with Gasteiger partial charge in [0.25, 0.3) is 0 Å². The highest BCUT2D eigenvalue weighted by Crippen LogP contribution is 2.18. The highest BCUT2D eigenvalue weighted by molar-refractivity contribution is 6.18. The van der Waals surface area contributed by atoms with Gasteiger partial charge in [0.05, 0.1) is 12.3 Å². The number of benzene rings is 1. The SMILES string of the molecule is O=C(Cc1cccc(NC(=O)OCCCl)c1)NC1CCCCC1. The van der Waals surface area contributed by atoms with E-state index in [0.717, 1.165) is 18.4 Å². The van der Waals surface area contributed by atoms with Crippen LogP contribution >= 0.6 is 11.6 Å². The Labute approximate surface area is 141 Å². The van der Waals surface area contributed by atoms with Gasteiger partial charge in [0.2, 0.25) is 5.91 Å². The molecule has 0 heterocycles. The van der Waals surface area contributed by atoms with Gasteiger partial charge in [-0.05, 0) is 30.5 Å². The van der Waals surface area contributed by atoms with E-state index >= 15 is 0 Å². The molecule has 6 heteroatoms. The summed E-state index contributed by atoms with van der Waals surface area (Å²) in [6, 6.07) is 7.52. The van der Waals surface area contributed by atoms with Gasteiger partial charge in [-0.15, -0.1) is 11.6 Å². The molecule has 1 aromatic rings. The third-order valence-corrected chi connectivity index (χ3v) is 3.97. The minimum absolute atomic E-state index is 0.0266. The fraction of sp³-hybridized carbons (Fsp3) is 0.529. The van der Waals surface area contributed by atoms with E-state index in [1.54, 1.807) is 18.2 Å². The largest absolute Gasteiger partial charge is 0.448 e. The third-order valence-electron chi connectivity index (χ3n) is 3.82. The lowest BCUT2D eigenvalue weighted by molar-refractivity contribution is -0.121. The molecule has 0 atom stereocenters. The summed E-state index contributed by atoms with van der Waals surface area (Å²) in [6.07, 6.45) is 5.54. The molecule has 0 saturated heterocycles. The van der Waals surface area contributed by atoms with E-state index in [-0.39, 0.29) is 18.4 Å². The van der Waals surface area contributed by atoms with Crippen LogP contribution in [0.4, 0.5) is 10.5 Å². The van der Waals surface area contributed by atoms with Crippen molar-refractivity contribution in [2.24, 2.45) is 0 Å². The van der Waals surface area contributed by atoms with Crippen LogP contribution in [-0.4, -0.2) is 30.5 Å². The Kier molecular flexibility index (Phi) is 7.20. The van der Waals surface area contributed by atoms with Crippen LogP contribution < -0.4 is 10.6 Å². The van der Waals surface area contributed by atoms with Gasteiger partial charge in [-0.1, -0.05) is 31.4 Å². The number of hydrogen-bond donors (Lipinski definition) is 2. The molecule has 0 spiro atoms. The molecule has 2 N–H and O–H groups in total. The maximum atomic E-state index is 12.1. The summed E-state index contributed by atoms with van der Waals surface area (Å²) in [6.45, 7) is 0.164. The van der Waals surface area contributed by atoms with Crippen molar-refractivity contribution < 1.29 is 14.3 Å². The maximum absolute atomic E-state index is 12.1. The molecule has 2 amide bonds. The van der Waals surface area contributed by atoms with E-state index < -0.39 is 6.09 Å². The number of alkyl halides is 1. The summed E-state index contributed by atoms with van der Waals surface area (Å²) < 4.78 is 4.86. The Morgan fingerprint density at radius 1 is 1.22 bits per heavy atom. The number of carbonyl (C=O) groups is 2. The fourth-order valence-electron chi connectivity index (χ4n) is 2.76. The van der Waals surface area contributed by atoms with Crippen LogP contribution in [-0.2, 0) is 16.0 Å². The van der Waals surface area contributed by atoms with Crippen LogP contribution in [0.25, 0.3) is 0 Å². The summed E-state index contributed by atoms with van der Waals surface area (Å²) in [4.78, 5) is 23.6. The Hall–Kier alpha value is -1.75. The highest BCUT2D eigenvalue weighted by Gasteiger charge is 2.15. The highest BCUT2D eigenvalue weighted by atomic mass is 35.5. The predicted octanol–water partition coefficient (Wildman–Crippen LogP) is 3.47. The lowest BCUT2D eigenvalue weighted by Crippen LogP contribution is -2.37. The molecule has 0 radical (unpaired) electrons. The zero-order chi connectivity index (χ0) is 16.5. The molecule has 5 nitrogen and oxygen atoms in total.